The first-order valence-corrected chi connectivity index (χ1v) is 8.61. The van der Waals surface area contributed by atoms with Gasteiger partial charge in [-0.05, 0) is 46.4 Å². The van der Waals surface area contributed by atoms with E-state index in [1.54, 1.807) is 21.6 Å². The van der Waals surface area contributed by atoms with Crippen LogP contribution in [-0.2, 0) is 6.54 Å². The van der Waals surface area contributed by atoms with Crippen LogP contribution in [0.25, 0.3) is 0 Å². The Morgan fingerprint density at radius 3 is 2.71 bits per heavy atom. The van der Waals surface area contributed by atoms with Crippen LogP contribution in [0.5, 0.6) is 0 Å². The molecule has 0 saturated heterocycles. The van der Waals surface area contributed by atoms with E-state index in [0.717, 1.165) is 8.66 Å². The van der Waals surface area contributed by atoms with E-state index >= 15 is 0 Å². The van der Waals surface area contributed by atoms with Gasteiger partial charge in [-0.2, -0.15) is 0 Å². The number of urea groups is 1. The summed E-state index contributed by atoms with van der Waals surface area (Å²) in [6.45, 7) is 2.91. The van der Waals surface area contributed by atoms with Crippen LogP contribution in [-0.4, -0.2) is 28.6 Å². The minimum atomic E-state index is -1.04. The number of amides is 2. The number of aromatic carboxylic acids is 1. The lowest BCUT2D eigenvalue weighted by Gasteiger charge is -2.20. The van der Waals surface area contributed by atoms with Gasteiger partial charge in [-0.1, -0.05) is 0 Å². The molecule has 112 valence electrons. The Labute approximate surface area is 138 Å². The quantitative estimate of drug-likeness (QED) is 0.800. The van der Waals surface area contributed by atoms with Crippen LogP contribution in [0.3, 0.4) is 0 Å². The van der Waals surface area contributed by atoms with Crippen LogP contribution in [0.4, 0.5) is 9.80 Å². The van der Waals surface area contributed by atoms with Crippen LogP contribution < -0.4 is 5.32 Å². The van der Waals surface area contributed by atoms with Crippen molar-refractivity contribution in [2.75, 3.05) is 11.9 Å². The van der Waals surface area contributed by atoms with Crippen molar-refractivity contribution in [3.8, 4) is 0 Å². The third-order valence-electron chi connectivity index (χ3n) is 2.76. The molecule has 2 N–H and O–H groups in total. The van der Waals surface area contributed by atoms with E-state index in [9.17, 15) is 9.59 Å². The van der Waals surface area contributed by atoms with Crippen LogP contribution in [0, 0.1) is 0 Å². The predicted octanol–water partition coefficient (Wildman–Crippen LogP) is 4.32. The Hall–Kier alpha value is -1.38. The standard InChI is InChI=1S/C13H13BrN2O3S2/c1-2-16(7-8-3-4-10(14)21-8)13(19)15-11-9(12(17)18)5-6-20-11/h3-6H,2,7H2,1H3,(H,15,19)(H,17,18). The van der Waals surface area contributed by atoms with Crippen molar-refractivity contribution in [3.63, 3.8) is 0 Å². The molecule has 8 heteroatoms. The highest BCUT2D eigenvalue weighted by Gasteiger charge is 2.18. The molecule has 2 rings (SSSR count). The second kappa shape index (κ2) is 7.06. The fourth-order valence-corrected chi connectivity index (χ4v) is 3.97. The molecule has 0 aromatic carbocycles. The van der Waals surface area contributed by atoms with Crippen LogP contribution in [0.1, 0.15) is 22.2 Å². The number of carboxylic acids is 1. The van der Waals surface area contributed by atoms with Gasteiger partial charge in [0.2, 0.25) is 0 Å². The van der Waals surface area contributed by atoms with Gasteiger partial charge in [0.25, 0.3) is 0 Å². The van der Waals surface area contributed by atoms with Crippen LogP contribution >= 0.6 is 38.6 Å². The number of nitrogens with zero attached hydrogens (tertiary/aromatic N) is 1. The van der Waals surface area contributed by atoms with Crippen molar-refractivity contribution < 1.29 is 14.7 Å². The maximum Gasteiger partial charge on any atom is 0.338 e. The Morgan fingerprint density at radius 2 is 2.14 bits per heavy atom. The highest BCUT2D eigenvalue weighted by molar-refractivity contribution is 9.11. The van der Waals surface area contributed by atoms with Crippen molar-refractivity contribution in [1.29, 1.82) is 0 Å². The fraction of sp³-hybridized carbons (Fsp3) is 0.231. The number of carboxylic acid groups (broad SMARTS) is 1. The molecule has 0 fully saturated rings. The first-order valence-electron chi connectivity index (χ1n) is 6.12. The van der Waals surface area contributed by atoms with Crippen molar-refractivity contribution in [2.24, 2.45) is 0 Å². The van der Waals surface area contributed by atoms with Gasteiger partial charge in [-0.25, -0.2) is 9.59 Å². The number of hydrogen-bond acceptors (Lipinski definition) is 4. The summed E-state index contributed by atoms with van der Waals surface area (Å²) in [6.07, 6.45) is 0. The molecule has 0 aliphatic carbocycles. The van der Waals surface area contributed by atoms with Crippen LogP contribution in [0.2, 0.25) is 0 Å². The van der Waals surface area contributed by atoms with Crippen LogP contribution in [0.15, 0.2) is 27.4 Å². The van der Waals surface area contributed by atoms with E-state index in [4.69, 9.17) is 5.11 Å². The summed E-state index contributed by atoms with van der Waals surface area (Å²) < 4.78 is 1.01. The zero-order chi connectivity index (χ0) is 15.4. The Balaban J connectivity index is 2.06. The molecule has 0 saturated carbocycles. The molecule has 2 amide bonds. The maximum atomic E-state index is 12.2. The molecule has 0 radical (unpaired) electrons. The molecule has 2 heterocycles. The van der Waals surface area contributed by atoms with Gasteiger partial charge in [0.15, 0.2) is 0 Å². The van der Waals surface area contributed by atoms with Crippen molar-refractivity contribution in [1.82, 2.24) is 4.90 Å². The van der Waals surface area contributed by atoms with Gasteiger partial charge in [0.1, 0.15) is 5.00 Å². The predicted molar refractivity (Wildman–Crippen MR) is 88.4 cm³/mol. The lowest BCUT2D eigenvalue weighted by Crippen LogP contribution is -2.34. The molecular formula is C13H13BrN2O3S2. The third kappa shape index (κ3) is 4.05. The van der Waals surface area contributed by atoms with E-state index in [1.165, 1.54) is 17.4 Å². The second-order valence-electron chi connectivity index (χ2n) is 4.12. The molecule has 0 spiro atoms. The average molecular weight is 389 g/mol. The number of nitrogens with one attached hydrogen (secondary N) is 1. The molecule has 2 aromatic rings. The number of halogens is 1. The molecule has 2 aromatic heterocycles. The first-order chi connectivity index (χ1) is 10.0. The lowest BCUT2D eigenvalue weighted by molar-refractivity contribution is 0.0698. The number of rotatable bonds is 5. The fourth-order valence-electron chi connectivity index (χ4n) is 1.70. The Bertz CT molecular complexity index is 653. The summed E-state index contributed by atoms with van der Waals surface area (Å²) in [7, 11) is 0. The normalized spacial score (nSPS) is 10.4. The molecule has 5 nitrogen and oxygen atoms in total. The number of carbonyl (C=O) groups excluding carboxylic acids is 1. The molecule has 0 aliphatic heterocycles. The average Bonchev–Trinajstić information content (AvgIpc) is 3.04. The minimum absolute atomic E-state index is 0.114. The monoisotopic (exact) mass is 388 g/mol. The Morgan fingerprint density at radius 1 is 1.38 bits per heavy atom. The smallest absolute Gasteiger partial charge is 0.338 e. The molecule has 0 aliphatic rings. The zero-order valence-electron chi connectivity index (χ0n) is 11.1. The minimum Gasteiger partial charge on any atom is -0.478 e. The second-order valence-corrected chi connectivity index (χ2v) is 7.58. The SMILES string of the molecule is CCN(Cc1ccc(Br)s1)C(=O)Nc1sccc1C(=O)O. The van der Waals surface area contributed by atoms with Crippen molar-refractivity contribution >= 4 is 55.6 Å². The highest BCUT2D eigenvalue weighted by atomic mass is 79.9. The summed E-state index contributed by atoms with van der Waals surface area (Å²) in [4.78, 5) is 26.0. The van der Waals surface area contributed by atoms with Crippen molar-refractivity contribution in [2.45, 2.75) is 13.5 Å². The van der Waals surface area contributed by atoms with E-state index in [1.807, 2.05) is 19.1 Å². The lowest BCUT2D eigenvalue weighted by atomic mass is 10.3. The largest absolute Gasteiger partial charge is 0.478 e. The molecule has 0 bridgehead atoms. The molecular weight excluding hydrogens is 376 g/mol. The summed E-state index contributed by atoms with van der Waals surface area (Å²) in [5.41, 5.74) is 0.114. The van der Waals surface area contributed by atoms with E-state index in [2.05, 4.69) is 21.2 Å². The van der Waals surface area contributed by atoms with E-state index in [0.29, 0.717) is 18.1 Å². The molecule has 0 unspecified atom stereocenters. The number of hydrogen-bond donors (Lipinski definition) is 2. The summed E-state index contributed by atoms with van der Waals surface area (Å²) in [5, 5.41) is 13.7. The third-order valence-corrected chi connectivity index (χ3v) is 5.20. The summed E-state index contributed by atoms with van der Waals surface area (Å²) in [5.74, 6) is -1.04. The Kier molecular flexibility index (Phi) is 5.38. The first kappa shape index (κ1) is 16.0. The zero-order valence-corrected chi connectivity index (χ0v) is 14.3. The topological polar surface area (TPSA) is 69.6 Å². The number of thiophene rings is 2. The summed E-state index contributed by atoms with van der Waals surface area (Å²) >= 11 is 6.16. The van der Waals surface area contributed by atoms with Gasteiger partial charge < -0.3 is 10.0 Å². The van der Waals surface area contributed by atoms with E-state index < -0.39 is 5.97 Å². The van der Waals surface area contributed by atoms with Gasteiger partial charge >= 0.3 is 12.0 Å². The van der Waals surface area contributed by atoms with Crippen molar-refractivity contribution in [3.05, 3.63) is 37.8 Å². The maximum absolute atomic E-state index is 12.2. The van der Waals surface area contributed by atoms with Gasteiger partial charge in [-0.15, -0.1) is 22.7 Å². The van der Waals surface area contributed by atoms with E-state index in [-0.39, 0.29) is 11.6 Å². The molecule has 0 atom stereocenters. The highest BCUT2D eigenvalue weighted by Crippen LogP contribution is 2.25. The van der Waals surface area contributed by atoms with Gasteiger partial charge in [-0.3, -0.25) is 5.32 Å². The van der Waals surface area contributed by atoms with Gasteiger partial charge in [0.05, 0.1) is 15.9 Å². The number of carbonyl (C=O) groups is 2. The number of anilines is 1. The van der Waals surface area contributed by atoms with Gasteiger partial charge in [0, 0.05) is 11.4 Å². The molecule has 21 heavy (non-hydrogen) atoms. The summed E-state index contributed by atoms with van der Waals surface area (Å²) in [6, 6.07) is 5.08.